The monoisotopic (exact) mass is 558 g/mol. The maximum atomic E-state index is 13.7. The van der Waals surface area contributed by atoms with Gasteiger partial charge in [-0.25, -0.2) is 4.79 Å². The number of amides is 3. The lowest BCUT2D eigenvalue weighted by atomic mass is 9.91. The third kappa shape index (κ3) is 6.96. The lowest BCUT2D eigenvalue weighted by Gasteiger charge is -2.30. The second kappa shape index (κ2) is 12.9. The van der Waals surface area contributed by atoms with Crippen molar-refractivity contribution in [3.8, 4) is 11.5 Å². The van der Waals surface area contributed by atoms with Crippen LogP contribution >= 0.6 is 0 Å². The zero-order chi connectivity index (χ0) is 29.4. The second-order valence-electron chi connectivity index (χ2n) is 9.84. The van der Waals surface area contributed by atoms with Crippen molar-refractivity contribution in [1.82, 2.24) is 15.6 Å². The summed E-state index contributed by atoms with van der Waals surface area (Å²) in [7, 11) is 3.01. The molecule has 214 valence electrons. The van der Waals surface area contributed by atoms with Crippen molar-refractivity contribution in [2.45, 2.75) is 38.0 Å². The Bertz CT molecular complexity index is 1520. The highest BCUT2D eigenvalue weighted by Crippen LogP contribution is 2.31. The molecule has 4 rings (SSSR count). The summed E-state index contributed by atoms with van der Waals surface area (Å²) in [5.74, 6) is -0.347. The Balaban J connectivity index is 1.55. The van der Waals surface area contributed by atoms with E-state index in [9.17, 15) is 14.4 Å². The molecule has 0 radical (unpaired) electrons. The Labute approximate surface area is 238 Å². The number of fused-ring (bicyclic) bond motifs is 1. The molecular formula is C31H34N4O6. The van der Waals surface area contributed by atoms with Crippen LogP contribution in [0.5, 0.6) is 11.5 Å². The molecule has 0 aliphatic carbocycles. The van der Waals surface area contributed by atoms with Crippen LogP contribution in [-0.4, -0.2) is 48.7 Å². The number of aromatic nitrogens is 1. The van der Waals surface area contributed by atoms with Gasteiger partial charge in [0, 0.05) is 35.5 Å². The van der Waals surface area contributed by atoms with E-state index in [0.717, 1.165) is 22.0 Å². The van der Waals surface area contributed by atoms with Crippen LogP contribution in [0.1, 0.15) is 23.6 Å². The Hall–Kier alpha value is -4.99. The van der Waals surface area contributed by atoms with Gasteiger partial charge in [-0.1, -0.05) is 60.7 Å². The van der Waals surface area contributed by atoms with Crippen LogP contribution in [0.15, 0.2) is 79.0 Å². The number of aromatic amines is 1. The second-order valence-corrected chi connectivity index (χ2v) is 9.84. The fourth-order valence-corrected chi connectivity index (χ4v) is 4.68. The van der Waals surface area contributed by atoms with Crippen LogP contribution in [0.3, 0.4) is 0 Å². The van der Waals surface area contributed by atoms with Gasteiger partial charge in [-0.2, -0.15) is 0 Å². The number of H-pyrrole nitrogens is 1. The van der Waals surface area contributed by atoms with Crippen molar-refractivity contribution in [2.75, 3.05) is 14.2 Å². The lowest BCUT2D eigenvalue weighted by molar-refractivity contribution is -0.132. The number of nitrogens with one attached hydrogen (secondary N) is 3. The average molecular weight is 559 g/mol. The van der Waals surface area contributed by atoms with Gasteiger partial charge in [-0.05, 0) is 30.2 Å². The maximum Gasteiger partial charge on any atom is 0.408 e. The first kappa shape index (κ1) is 29.0. The lowest BCUT2D eigenvalue weighted by Crippen LogP contribution is -2.61. The first-order chi connectivity index (χ1) is 19.7. The molecule has 1 heterocycles. The number of methoxy groups -OCH3 is 2. The molecule has 0 aliphatic rings. The topological polar surface area (TPSA) is 145 Å². The van der Waals surface area contributed by atoms with Crippen LogP contribution in [-0.2, 0) is 33.8 Å². The van der Waals surface area contributed by atoms with Gasteiger partial charge in [0.15, 0.2) is 11.5 Å². The normalized spacial score (nSPS) is 13.0. The molecular weight excluding hydrogens is 524 g/mol. The van der Waals surface area contributed by atoms with E-state index in [4.69, 9.17) is 19.9 Å². The number of alkyl carbamates (subject to hydrolysis) is 1. The van der Waals surface area contributed by atoms with Gasteiger partial charge in [0.05, 0.1) is 14.2 Å². The highest BCUT2D eigenvalue weighted by molar-refractivity contribution is 5.94. The number of ether oxygens (including phenoxy) is 3. The highest BCUT2D eigenvalue weighted by atomic mass is 16.6. The maximum absolute atomic E-state index is 13.7. The third-order valence-corrected chi connectivity index (χ3v) is 6.89. The standard InChI is InChI=1S/C31H34N4O6/c1-31(29(32)37,17-20-10-5-4-6-11-20)35-28(36)25(16-22-18-33-24-14-8-7-13-23(22)24)34-30(38)41-19-21-12-9-15-26(39-2)27(21)40-3/h4-15,18,25,33H,16-17,19H2,1-3H3,(H2,32,37)(H,34,38)(H,35,36)/t25-,31+/m0/s1. The van der Waals surface area contributed by atoms with Crippen molar-refractivity contribution in [3.63, 3.8) is 0 Å². The zero-order valence-corrected chi connectivity index (χ0v) is 23.2. The summed E-state index contributed by atoms with van der Waals surface area (Å²) in [6, 6.07) is 21.0. The molecule has 4 aromatic rings. The number of rotatable bonds is 12. The summed E-state index contributed by atoms with van der Waals surface area (Å²) in [6.45, 7) is 1.44. The van der Waals surface area contributed by atoms with Gasteiger partial charge in [-0.3, -0.25) is 9.59 Å². The molecule has 3 aromatic carbocycles. The van der Waals surface area contributed by atoms with Gasteiger partial charge in [0.1, 0.15) is 18.2 Å². The van der Waals surface area contributed by atoms with Crippen LogP contribution in [0.4, 0.5) is 4.79 Å². The molecule has 1 aromatic heterocycles. The number of carbonyl (C=O) groups is 3. The summed E-state index contributed by atoms with van der Waals surface area (Å²) in [5.41, 5.74) is 7.45. The molecule has 0 saturated carbocycles. The number of hydrogen-bond acceptors (Lipinski definition) is 6. The zero-order valence-electron chi connectivity index (χ0n) is 23.2. The van der Waals surface area contributed by atoms with Crippen molar-refractivity contribution in [2.24, 2.45) is 5.73 Å². The molecule has 0 spiro atoms. The Morgan fingerprint density at radius 3 is 2.37 bits per heavy atom. The predicted octanol–water partition coefficient (Wildman–Crippen LogP) is 3.63. The first-order valence-electron chi connectivity index (χ1n) is 13.1. The number of hydrogen-bond donors (Lipinski definition) is 4. The molecule has 0 fully saturated rings. The summed E-state index contributed by atoms with van der Waals surface area (Å²) in [5, 5.41) is 6.36. The highest BCUT2D eigenvalue weighted by Gasteiger charge is 2.36. The van der Waals surface area contributed by atoms with Crippen molar-refractivity contribution >= 4 is 28.8 Å². The minimum Gasteiger partial charge on any atom is -0.493 e. The van der Waals surface area contributed by atoms with Crippen molar-refractivity contribution < 1.29 is 28.6 Å². The molecule has 0 saturated heterocycles. The van der Waals surface area contributed by atoms with E-state index < -0.39 is 29.5 Å². The van der Waals surface area contributed by atoms with E-state index in [-0.39, 0.29) is 19.4 Å². The minimum atomic E-state index is -1.41. The summed E-state index contributed by atoms with van der Waals surface area (Å²) >= 11 is 0. The minimum absolute atomic E-state index is 0.124. The quantitative estimate of drug-likeness (QED) is 0.209. The predicted molar refractivity (Wildman–Crippen MR) is 155 cm³/mol. The van der Waals surface area contributed by atoms with Crippen LogP contribution < -0.4 is 25.8 Å². The van der Waals surface area contributed by atoms with Crippen LogP contribution in [0.25, 0.3) is 10.9 Å². The smallest absolute Gasteiger partial charge is 0.408 e. The average Bonchev–Trinajstić information content (AvgIpc) is 3.38. The largest absolute Gasteiger partial charge is 0.493 e. The van der Waals surface area contributed by atoms with E-state index in [0.29, 0.717) is 17.1 Å². The Morgan fingerprint density at radius 1 is 0.927 bits per heavy atom. The van der Waals surface area contributed by atoms with E-state index in [1.165, 1.54) is 14.2 Å². The van der Waals surface area contributed by atoms with Gasteiger partial charge >= 0.3 is 6.09 Å². The molecule has 2 atom stereocenters. The van der Waals surface area contributed by atoms with Gasteiger partial charge in [-0.15, -0.1) is 0 Å². The number of benzene rings is 3. The third-order valence-electron chi connectivity index (χ3n) is 6.89. The molecule has 3 amide bonds. The Kier molecular flexibility index (Phi) is 9.13. The van der Waals surface area contributed by atoms with Gasteiger partial charge < -0.3 is 35.6 Å². The summed E-state index contributed by atoms with van der Waals surface area (Å²) in [6.07, 6.45) is 1.28. The summed E-state index contributed by atoms with van der Waals surface area (Å²) < 4.78 is 16.2. The van der Waals surface area contributed by atoms with Crippen molar-refractivity contribution in [3.05, 3.63) is 95.7 Å². The SMILES string of the molecule is COc1cccc(COC(=O)N[C@@H](Cc2c[nH]c3ccccc23)C(=O)N[C@](C)(Cc2ccccc2)C(N)=O)c1OC. The first-order valence-corrected chi connectivity index (χ1v) is 13.1. The fourth-order valence-electron chi connectivity index (χ4n) is 4.68. The van der Waals surface area contributed by atoms with Crippen LogP contribution in [0, 0.1) is 0 Å². The van der Waals surface area contributed by atoms with Gasteiger partial charge in [0.2, 0.25) is 11.8 Å². The summed E-state index contributed by atoms with van der Waals surface area (Å²) in [4.78, 5) is 42.4. The Morgan fingerprint density at radius 2 is 1.66 bits per heavy atom. The number of nitrogens with two attached hydrogens (primary N) is 1. The number of carbonyl (C=O) groups excluding carboxylic acids is 3. The molecule has 10 heteroatoms. The number of para-hydroxylation sites is 2. The molecule has 0 unspecified atom stereocenters. The molecule has 0 bridgehead atoms. The van der Waals surface area contributed by atoms with E-state index in [2.05, 4.69) is 15.6 Å². The molecule has 0 aliphatic heterocycles. The number of primary amides is 1. The molecule has 5 N–H and O–H groups in total. The fraction of sp³-hybridized carbons (Fsp3) is 0.258. The van der Waals surface area contributed by atoms with Crippen molar-refractivity contribution in [1.29, 1.82) is 0 Å². The van der Waals surface area contributed by atoms with E-state index in [1.807, 2.05) is 54.6 Å². The molecule has 41 heavy (non-hydrogen) atoms. The van der Waals surface area contributed by atoms with E-state index in [1.54, 1.807) is 31.3 Å². The van der Waals surface area contributed by atoms with Gasteiger partial charge in [0.25, 0.3) is 0 Å². The van der Waals surface area contributed by atoms with Crippen LogP contribution in [0.2, 0.25) is 0 Å². The molecule has 10 nitrogen and oxygen atoms in total. The van der Waals surface area contributed by atoms with E-state index >= 15 is 0 Å².